The first kappa shape index (κ1) is 21.1. The number of carbonyl (C=O) groups is 2. The minimum atomic E-state index is -0.432. The molecule has 1 atom stereocenters. The average molecular weight is 409 g/mol. The van der Waals surface area contributed by atoms with Gasteiger partial charge in [-0.2, -0.15) is 0 Å². The zero-order valence-electron chi connectivity index (χ0n) is 16.3. The highest BCUT2D eigenvalue weighted by Crippen LogP contribution is 2.18. The van der Waals surface area contributed by atoms with Crippen LogP contribution in [0.4, 0.5) is 20.2 Å². The van der Waals surface area contributed by atoms with Gasteiger partial charge in [0.25, 0.3) is 5.91 Å². The van der Waals surface area contributed by atoms with Gasteiger partial charge in [0.2, 0.25) is 5.91 Å². The van der Waals surface area contributed by atoms with E-state index in [9.17, 15) is 18.4 Å². The van der Waals surface area contributed by atoms with Crippen molar-refractivity contribution in [2.75, 3.05) is 17.2 Å². The van der Waals surface area contributed by atoms with Gasteiger partial charge in [-0.25, -0.2) is 8.78 Å². The lowest BCUT2D eigenvalue weighted by Crippen LogP contribution is -2.30. The Bertz CT molecular complexity index is 1040. The first-order chi connectivity index (χ1) is 14.4. The number of hydrogen-bond acceptors (Lipinski definition) is 3. The summed E-state index contributed by atoms with van der Waals surface area (Å²) in [5.41, 5.74) is 1.78. The lowest BCUT2D eigenvalue weighted by molar-refractivity contribution is -0.115. The summed E-state index contributed by atoms with van der Waals surface area (Å²) in [6, 6.07) is 17.9. The van der Waals surface area contributed by atoms with Crippen LogP contribution in [0.5, 0.6) is 0 Å². The molecule has 0 saturated heterocycles. The first-order valence-corrected chi connectivity index (χ1v) is 9.37. The van der Waals surface area contributed by atoms with E-state index in [0.717, 1.165) is 5.56 Å². The highest BCUT2D eigenvalue weighted by Gasteiger charge is 2.14. The van der Waals surface area contributed by atoms with Crippen LogP contribution in [0.25, 0.3) is 0 Å². The highest BCUT2D eigenvalue weighted by molar-refractivity contribution is 6.10. The van der Waals surface area contributed by atoms with Crippen molar-refractivity contribution in [3.63, 3.8) is 0 Å². The number of hydrogen-bond donors (Lipinski definition) is 3. The van der Waals surface area contributed by atoms with E-state index in [-0.39, 0.29) is 29.9 Å². The van der Waals surface area contributed by atoms with E-state index >= 15 is 0 Å². The highest BCUT2D eigenvalue weighted by atomic mass is 19.1. The van der Waals surface area contributed by atoms with Gasteiger partial charge in [0.15, 0.2) is 0 Å². The third kappa shape index (κ3) is 5.71. The molecule has 3 N–H and O–H groups in total. The molecule has 3 rings (SSSR count). The molecule has 0 fully saturated rings. The number of anilines is 2. The van der Waals surface area contributed by atoms with Crippen molar-refractivity contribution in [1.29, 1.82) is 0 Å². The second kappa shape index (κ2) is 9.76. The molecule has 5 nitrogen and oxygen atoms in total. The van der Waals surface area contributed by atoms with Gasteiger partial charge < -0.3 is 16.0 Å². The molecule has 0 saturated carbocycles. The van der Waals surface area contributed by atoms with Crippen molar-refractivity contribution in [2.45, 2.75) is 13.0 Å². The Labute approximate surface area is 173 Å². The molecule has 2 amide bonds. The second-order valence-electron chi connectivity index (χ2n) is 6.71. The molecule has 1 unspecified atom stereocenters. The molecule has 154 valence electrons. The Hall–Kier alpha value is -3.58. The first-order valence-electron chi connectivity index (χ1n) is 9.37. The largest absolute Gasteiger partial charge is 0.324 e. The van der Waals surface area contributed by atoms with Crippen LogP contribution in [0.3, 0.4) is 0 Å². The summed E-state index contributed by atoms with van der Waals surface area (Å²) in [6.07, 6.45) is 0. The van der Waals surface area contributed by atoms with Crippen molar-refractivity contribution in [3.05, 3.63) is 95.6 Å². The molecule has 3 aromatic carbocycles. The van der Waals surface area contributed by atoms with E-state index in [1.54, 1.807) is 36.4 Å². The molecule has 0 aliphatic rings. The molecule has 0 bridgehead atoms. The Balaban J connectivity index is 1.61. The van der Waals surface area contributed by atoms with Gasteiger partial charge in [-0.15, -0.1) is 0 Å². The number of rotatable bonds is 7. The Morgan fingerprint density at radius 2 is 1.60 bits per heavy atom. The van der Waals surface area contributed by atoms with Crippen LogP contribution in [0.1, 0.15) is 28.9 Å². The van der Waals surface area contributed by atoms with Gasteiger partial charge >= 0.3 is 0 Å². The monoisotopic (exact) mass is 409 g/mol. The number of carbonyl (C=O) groups excluding carboxylic acids is 2. The fourth-order valence-corrected chi connectivity index (χ4v) is 2.86. The fourth-order valence-electron chi connectivity index (χ4n) is 2.86. The van der Waals surface area contributed by atoms with Crippen LogP contribution in [0, 0.1) is 11.6 Å². The minimum Gasteiger partial charge on any atom is -0.324 e. The van der Waals surface area contributed by atoms with Crippen LogP contribution in [-0.2, 0) is 4.79 Å². The van der Waals surface area contributed by atoms with Gasteiger partial charge in [0.1, 0.15) is 11.6 Å². The van der Waals surface area contributed by atoms with E-state index in [2.05, 4.69) is 16.0 Å². The molecule has 0 aliphatic heterocycles. The van der Waals surface area contributed by atoms with E-state index in [0.29, 0.717) is 11.4 Å². The lowest BCUT2D eigenvalue weighted by Gasteiger charge is -2.15. The van der Waals surface area contributed by atoms with Crippen molar-refractivity contribution < 1.29 is 18.4 Å². The molecule has 0 radical (unpaired) electrons. The number of amides is 2. The quantitative estimate of drug-likeness (QED) is 0.538. The molecule has 0 aliphatic carbocycles. The third-order valence-corrected chi connectivity index (χ3v) is 4.47. The normalized spacial score (nSPS) is 11.6. The van der Waals surface area contributed by atoms with Crippen LogP contribution in [0.15, 0.2) is 72.8 Å². The summed E-state index contributed by atoms with van der Waals surface area (Å²) in [4.78, 5) is 24.9. The minimum absolute atomic E-state index is 0.0222. The zero-order valence-corrected chi connectivity index (χ0v) is 16.3. The Morgan fingerprint density at radius 1 is 0.867 bits per heavy atom. The number of para-hydroxylation sites is 1. The van der Waals surface area contributed by atoms with Crippen molar-refractivity contribution in [3.8, 4) is 0 Å². The van der Waals surface area contributed by atoms with Gasteiger partial charge in [0.05, 0.1) is 17.8 Å². The van der Waals surface area contributed by atoms with Gasteiger partial charge in [0, 0.05) is 11.7 Å². The SMILES string of the molecule is CC(NCC(=O)Nc1ccccc1C(=O)Nc1ccc(F)cc1)c1cccc(F)c1. The molecular weight excluding hydrogens is 388 g/mol. The molecule has 0 spiro atoms. The Morgan fingerprint density at radius 3 is 2.33 bits per heavy atom. The zero-order chi connectivity index (χ0) is 21.5. The maximum atomic E-state index is 13.3. The third-order valence-electron chi connectivity index (χ3n) is 4.47. The van der Waals surface area contributed by atoms with Crippen molar-refractivity contribution in [1.82, 2.24) is 5.32 Å². The lowest BCUT2D eigenvalue weighted by atomic mass is 10.1. The van der Waals surface area contributed by atoms with Crippen molar-refractivity contribution in [2.24, 2.45) is 0 Å². The topological polar surface area (TPSA) is 70.2 Å². The number of benzene rings is 3. The van der Waals surface area contributed by atoms with Crippen LogP contribution in [0.2, 0.25) is 0 Å². The summed E-state index contributed by atoms with van der Waals surface area (Å²) in [6.45, 7) is 1.80. The maximum Gasteiger partial charge on any atom is 0.257 e. The van der Waals surface area contributed by atoms with Crippen molar-refractivity contribution >= 4 is 23.2 Å². The molecule has 7 heteroatoms. The molecule has 30 heavy (non-hydrogen) atoms. The fraction of sp³-hybridized carbons (Fsp3) is 0.130. The average Bonchev–Trinajstić information content (AvgIpc) is 2.74. The second-order valence-corrected chi connectivity index (χ2v) is 6.71. The Kier molecular flexibility index (Phi) is 6.87. The standard InChI is InChI=1S/C23H21F2N3O2/c1-15(16-5-4-6-18(25)13-16)26-14-22(29)28-21-8-3-2-7-20(21)23(30)27-19-11-9-17(24)10-12-19/h2-13,15,26H,14H2,1H3,(H,27,30)(H,28,29). The molecule has 3 aromatic rings. The smallest absolute Gasteiger partial charge is 0.257 e. The molecule has 0 heterocycles. The van der Waals surface area contributed by atoms with E-state index in [1.807, 2.05) is 6.92 Å². The number of halogens is 2. The molecular formula is C23H21F2N3O2. The van der Waals surface area contributed by atoms with Crippen LogP contribution >= 0.6 is 0 Å². The summed E-state index contributed by atoms with van der Waals surface area (Å²) in [5, 5.41) is 8.40. The summed E-state index contributed by atoms with van der Waals surface area (Å²) < 4.78 is 26.4. The summed E-state index contributed by atoms with van der Waals surface area (Å²) in [7, 11) is 0. The van der Waals surface area contributed by atoms with Crippen LogP contribution in [-0.4, -0.2) is 18.4 Å². The van der Waals surface area contributed by atoms with E-state index < -0.39 is 11.7 Å². The predicted molar refractivity (Wildman–Crippen MR) is 112 cm³/mol. The van der Waals surface area contributed by atoms with Gasteiger partial charge in [-0.1, -0.05) is 24.3 Å². The van der Waals surface area contributed by atoms with E-state index in [4.69, 9.17) is 0 Å². The van der Waals surface area contributed by atoms with Gasteiger partial charge in [-0.3, -0.25) is 9.59 Å². The predicted octanol–water partition coefficient (Wildman–Crippen LogP) is 4.51. The number of nitrogens with one attached hydrogen (secondary N) is 3. The molecule has 0 aromatic heterocycles. The van der Waals surface area contributed by atoms with Crippen LogP contribution < -0.4 is 16.0 Å². The maximum absolute atomic E-state index is 13.3. The van der Waals surface area contributed by atoms with E-state index in [1.165, 1.54) is 36.4 Å². The summed E-state index contributed by atoms with van der Waals surface area (Å²) in [5.74, 6) is -1.52. The summed E-state index contributed by atoms with van der Waals surface area (Å²) >= 11 is 0. The van der Waals surface area contributed by atoms with Gasteiger partial charge in [-0.05, 0) is 61.0 Å².